The molecule has 0 radical (unpaired) electrons. The van der Waals surface area contributed by atoms with Crippen LogP contribution in [0.25, 0.3) is 0 Å². The van der Waals surface area contributed by atoms with Crippen LogP contribution in [-0.2, 0) is 14.3 Å². The molecule has 1 N–H and O–H groups in total. The van der Waals surface area contributed by atoms with Gasteiger partial charge in [0.2, 0.25) is 0 Å². The molecule has 4 heteroatoms. The Balaban J connectivity index is 3.90. The highest BCUT2D eigenvalue weighted by Crippen LogP contribution is 2.14. The Morgan fingerprint density at radius 2 is 1.59 bits per heavy atom. The van der Waals surface area contributed by atoms with E-state index in [1.807, 2.05) is 20.8 Å². The average molecular weight is 247 g/mol. The first-order valence-corrected chi connectivity index (χ1v) is 6.13. The van der Waals surface area contributed by atoms with Crippen LogP contribution in [0.3, 0.4) is 0 Å². The third kappa shape index (κ3) is 12.1. The van der Waals surface area contributed by atoms with Crippen molar-refractivity contribution in [2.75, 3.05) is 26.9 Å². The zero-order valence-corrected chi connectivity index (χ0v) is 12.4. The van der Waals surface area contributed by atoms with E-state index in [0.29, 0.717) is 19.8 Å². The van der Waals surface area contributed by atoms with E-state index in [0.717, 1.165) is 0 Å². The van der Waals surface area contributed by atoms with Crippen molar-refractivity contribution in [2.24, 2.45) is 5.41 Å². The molecule has 104 valence electrons. The molecule has 1 unspecified atom stereocenters. The lowest BCUT2D eigenvalue weighted by atomic mass is 9.99. The zero-order valence-electron chi connectivity index (χ0n) is 12.4. The van der Waals surface area contributed by atoms with Gasteiger partial charge in [-0.15, -0.1) is 0 Å². The molecule has 0 saturated carbocycles. The second-order valence-electron chi connectivity index (χ2n) is 6.61. The van der Waals surface area contributed by atoms with E-state index >= 15 is 0 Å². The van der Waals surface area contributed by atoms with Gasteiger partial charge >= 0.3 is 0 Å². The van der Waals surface area contributed by atoms with Crippen LogP contribution in [0.5, 0.6) is 0 Å². The van der Waals surface area contributed by atoms with Gasteiger partial charge in [-0.1, -0.05) is 20.8 Å². The molecule has 0 aliphatic carbocycles. The van der Waals surface area contributed by atoms with Crippen LogP contribution in [0.15, 0.2) is 0 Å². The topological polar surface area (TPSA) is 39.7 Å². The summed E-state index contributed by atoms with van der Waals surface area (Å²) in [6.45, 7) is 14.3. The molecule has 1 atom stereocenters. The standard InChI is InChI=1S/C13H29NO3/c1-12(2,3)10-16-11(8-15-7)9-17-14-13(4,5)6/h11,14H,8-10H2,1-7H3. The molecule has 0 amide bonds. The van der Waals surface area contributed by atoms with E-state index in [1.165, 1.54) is 0 Å². The van der Waals surface area contributed by atoms with Gasteiger partial charge < -0.3 is 9.47 Å². The van der Waals surface area contributed by atoms with Crippen molar-refractivity contribution in [1.82, 2.24) is 5.48 Å². The number of rotatable bonds is 7. The van der Waals surface area contributed by atoms with Crippen molar-refractivity contribution in [1.29, 1.82) is 0 Å². The molecule has 0 spiro atoms. The van der Waals surface area contributed by atoms with Crippen LogP contribution in [0.2, 0.25) is 0 Å². The average Bonchev–Trinajstić information content (AvgIpc) is 2.11. The minimum atomic E-state index is -0.0539. The zero-order chi connectivity index (χ0) is 13.5. The number of ether oxygens (including phenoxy) is 2. The van der Waals surface area contributed by atoms with Crippen molar-refractivity contribution < 1.29 is 14.3 Å². The summed E-state index contributed by atoms with van der Waals surface area (Å²) < 4.78 is 10.9. The van der Waals surface area contributed by atoms with Crippen molar-refractivity contribution in [2.45, 2.75) is 53.2 Å². The maximum Gasteiger partial charge on any atom is 0.106 e. The molecule has 0 aliphatic heterocycles. The van der Waals surface area contributed by atoms with Gasteiger partial charge in [0.25, 0.3) is 0 Å². The van der Waals surface area contributed by atoms with E-state index < -0.39 is 0 Å². The Hall–Kier alpha value is -0.160. The molecule has 0 aromatic heterocycles. The Bertz CT molecular complexity index is 194. The minimum absolute atomic E-state index is 0.0333. The highest BCUT2D eigenvalue weighted by molar-refractivity contribution is 4.65. The SMILES string of the molecule is COCC(CONC(C)(C)C)OCC(C)(C)C. The Morgan fingerprint density at radius 1 is 1.00 bits per heavy atom. The number of hydrogen-bond acceptors (Lipinski definition) is 4. The van der Waals surface area contributed by atoms with Crippen molar-refractivity contribution in [3.8, 4) is 0 Å². The Morgan fingerprint density at radius 3 is 2.00 bits per heavy atom. The molecule has 0 rings (SSSR count). The van der Waals surface area contributed by atoms with Gasteiger partial charge in [-0.2, -0.15) is 5.48 Å². The number of hydrogen-bond donors (Lipinski definition) is 1. The van der Waals surface area contributed by atoms with E-state index in [1.54, 1.807) is 7.11 Å². The Kier molecular flexibility index (Phi) is 7.24. The first-order valence-electron chi connectivity index (χ1n) is 6.13. The van der Waals surface area contributed by atoms with Crippen molar-refractivity contribution in [3.63, 3.8) is 0 Å². The smallest absolute Gasteiger partial charge is 0.106 e. The summed E-state index contributed by atoms with van der Waals surface area (Å²) in [6.07, 6.45) is -0.0333. The number of hydroxylamine groups is 1. The van der Waals surface area contributed by atoms with E-state index in [9.17, 15) is 0 Å². The summed E-state index contributed by atoms with van der Waals surface area (Å²) in [5, 5.41) is 0. The molecule has 0 fully saturated rings. The molecule has 0 aromatic carbocycles. The van der Waals surface area contributed by atoms with Gasteiger partial charge in [-0.25, -0.2) is 0 Å². The summed E-state index contributed by atoms with van der Waals surface area (Å²) >= 11 is 0. The fraction of sp³-hybridized carbons (Fsp3) is 1.00. The van der Waals surface area contributed by atoms with Gasteiger partial charge in [-0.3, -0.25) is 4.84 Å². The van der Waals surface area contributed by atoms with Crippen molar-refractivity contribution in [3.05, 3.63) is 0 Å². The summed E-state index contributed by atoms with van der Waals surface area (Å²) in [7, 11) is 1.67. The maximum absolute atomic E-state index is 5.77. The Labute approximate surface area is 106 Å². The predicted octanol–water partition coefficient (Wildman–Crippen LogP) is 2.38. The third-order valence-corrected chi connectivity index (χ3v) is 1.75. The highest BCUT2D eigenvalue weighted by atomic mass is 16.7. The van der Waals surface area contributed by atoms with Crippen LogP contribution >= 0.6 is 0 Å². The molecule has 17 heavy (non-hydrogen) atoms. The van der Waals surface area contributed by atoms with Crippen LogP contribution in [0, 0.1) is 5.41 Å². The lowest BCUT2D eigenvalue weighted by molar-refractivity contribution is -0.103. The third-order valence-electron chi connectivity index (χ3n) is 1.75. The molecule has 0 aliphatic rings. The fourth-order valence-corrected chi connectivity index (χ4v) is 1.05. The monoisotopic (exact) mass is 247 g/mol. The maximum atomic E-state index is 5.77. The molecule has 0 aromatic rings. The van der Waals surface area contributed by atoms with Gasteiger partial charge in [0.1, 0.15) is 6.10 Å². The fourth-order valence-electron chi connectivity index (χ4n) is 1.05. The van der Waals surface area contributed by atoms with Crippen LogP contribution in [0.4, 0.5) is 0 Å². The summed E-state index contributed by atoms with van der Waals surface area (Å²) in [5.41, 5.74) is 3.07. The summed E-state index contributed by atoms with van der Waals surface area (Å²) in [6, 6.07) is 0. The van der Waals surface area contributed by atoms with Gasteiger partial charge in [-0.05, 0) is 26.2 Å². The van der Waals surface area contributed by atoms with E-state index in [-0.39, 0.29) is 17.1 Å². The molecule has 4 nitrogen and oxygen atoms in total. The highest BCUT2D eigenvalue weighted by Gasteiger charge is 2.17. The lowest BCUT2D eigenvalue weighted by Crippen LogP contribution is -2.39. The van der Waals surface area contributed by atoms with Crippen LogP contribution in [-0.4, -0.2) is 38.6 Å². The normalized spacial score (nSPS) is 15.0. The summed E-state index contributed by atoms with van der Waals surface area (Å²) in [4.78, 5) is 5.42. The van der Waals surface area contributed by atoms with Gasteiger partial charge in [0, 0.05) is 12.6 Å². The van der Waals surface area contributed by atoms with Crippen molar-refractivity contribution >= 4 is 0 Å². The summed E-state index contributed by atoms with van der Waals surface area (Å²) in [5.74, 6) is 0. The second kappa shape index (κ2) is 7.31. The second-order valence-corrected chi connectivity index (χ2v) is 6.61. The van der Waals surface area contributed by atoms with E-state index in [4.69, 9.17) is 14.3 Å². The largest absolute Gasteiger partial charge is 0.382 e. The molecule has 0 saturated heterocycles. The van der Waals surface area contributed by atoms with Crippen LogP contribution in [0.1, 0.15) is 41.5 Å². The first kappa shape index (κ1) is 16.8. The van der Waals surface area contributed by atoms with Gasteiger partial charge in [0.15, 0.2) is 0 Å². The number of nitrogens with one attached hydrogen (secondary N) is 1. The minimum Gasteiger partial charge on any atom is -0.382 e. The first-order chi connectivity index (χ1) is 7.64. The van der Waals surface area contributed by atoms with Crippen LogP contribution < -0.4 is 5.48 Å². The molecule has 0 heterocycles. The molecular formula is C13H29NO3. The molecular weight excluding hydrogens is 218 g/mol. The van der Waals surface area contributed by atoms with Gasteiger partial charge in [0.05, 0.1) is 19.8 Å². The quantitative estimate of drug-likeness (QED) is 0.701. The van der Waals surface area contributed by atoms with E-state index in [2.05, 4.69) is 26.3 Å². The lowest BCUT2D eigenvalue weighted by Gasteiger charge is -2.25. The number of methoxy groups -OCH3 is 1. The predicted molar refractivity (Wildman–Crippen MR) is 69.9 cm³/mol. The molecule has 0 bridgehead atoms.